The van der Waals surface area contributed by atoms with Gasteiger partial charge in [0, 0.05) is 49.6 Å². The first-order chi connectivity index (χ1) is 15.0. The zero-order chi connectivity index (χ0) is 21.4. The average Bonchev–Trinajstić information content (AvgIpc) is 3.33. The van der Waals surface area contributed by atoms with Crippen molar-refractivity contribution in [2.75, 3.05) is 42.2 Å². The fraction of sp³-hybridized carbons (Fsp3) is 0.227. The normalized spacial score (nSPS) is 14.9. The zero-order valence-electron chi connectivity index (χ0n) is 17.1. The minimum Gasteiger partial charge on any atom is -0.367 e. The molecule has 5 rings (SSSR count). The van der Waals surface area contributed by atoms with Crippen LogP contribution in [-0.4, -0.2) is 61.0 Å². The lowest BCUT2D eigenvalue weighted by Gasteiger charge is -2.37. The van der Waals surface area contributed by atoms with Gasteiger partial charge in [0.25, 0.3) is 0 Å². The number of nitrogens with one attached hydrogen (secondary N) is 1. The van der Waals surface area contributed by atoms with Gasteiger partial charge >= 0.3 is 0 Å². The van der Waals surface area contributed by atoms with E-state index in [1.807, 2.05) is 30.5 Å². The first-order valence-electron chi connectivity index (χ1n) is 10.0. The molecule has 0 amide bonds. The highest BCUT2D eigenvalue weighted by atomic mass is 32.2. The van der Waals surface area contributed by atoms with Gasteiger partial charge in [-0.1, -0.05) is 18.2 Å². The Balaban J connectivity index is 1.43. The number of hydrogen-bond acceptors (Lipinski definition) is 7. The molecule has 0 radical (unpaired) electrons. The molecule has 8 nitrogen and oxygen atoms in total. The number of sulfone groups is 1. The molecule has 9 heteroatoms. The minimum absolute atomic E-state index is 0.376. The molecule has 4 aromatic rings. The summed E-state index contributed by atoms with van der Waals surface area (Å²) in [6, 6.07) is 13.3. The second-order valence-electron chi connectivity index (χ2n) is 7.63. The van der Waals surface area contributed by atoms with E-state index in [4.69, 9.17) is 0 Å². The Morgan fingerprint density at radius 2 is 1.71 bits per heavy atom. The van der Waals surface area contributed by atoms with Crippen LogP contribution in [0.3, 0.4) is 0 Å². The number of anilines is 2. The van der Waals surface area contributed by atoms with Crippen LogP contribution in [0.1, 0.15) is 0 Å². The van der Waals surface area contributed by atoms with Crippen LogP contribution in [0.4, 0.5) is 11.5 Å². The van der Waals surface area contributed by atoms with Crippen LogP contribution in [0.5, 0.6) is 0 Å². The number of piperazine rings is 1. The number of benzene rings is 2. The van der Waals surface area contributed by atoms with E-state index in [9.17, 15) is 8.42 Å². The Morgan fingerprint density at radius 1 is 0.935 bits per heavy atom. The number of para-hydroxylation sites is 1. The van der Waals surface area contributed by atoms with Crippen molar-refractivity contribution in [3.63, 3.8) is 0 Å². The van der Waals surface area contributed by atoms with E-state index in [2.05, 4.69) is 36.0 Å². The third-order valence-corrected chi connectivity index (χ3v) is 6.77. The van der Waals surface area contributed by atoms with Crippen LogP contribution in [0.15, 0.2) is 66.1 Å². The Morgan fingerprint density at radius 3 is 2.45 bits per heavy atom. The van der Waals surface area contributed by atoms with Crippen molar-refractivity contribution >= 4 is 32.2 Å². The topological polar surface area (TPSA) is 95.1 Å². The number of nitrogens with zero attached hydrogens (tertiary/aromatic N) is 5. The number of H-pyrrole nitrogens is 1. The SMILES string of the molecule is CS(=O)(=O)c1ccccc1N1CCN(c2ncnc3ccc(-c4cn[nH]c4)cc23)CC1. The summed E-state index contributed by atoms with van der Waals surface area (Å²) >= 11 is 0. The lowest BCUT2D eigenvalue weighted by Crippen LogP contribution is -2.47. The van der Waals surface area contributed by atoms with Crippen molar-refractivity contribution in [1.29, 1.82) is 0 Å². The second kappa shape index (κ2) is 7.66. The highest BCUT2D eigenvalue weighted by molar-refractivity contribution is 7.90. The molecule has 1 fully saturated rings. The fourth-order valence-electron chi connectivity index (χ4n) is 4.07. The number of hydrogen-bond donors (Lipinski definition) is 1. The molecular weight excluding hydrogens is 412 g/mol. The predicted octanol–water partition coefficient (Wildman–Crippen LogP) is 2.75. The maximum atomic E-state index is 12.2. The first-order valence-corrected chi connectivity index (χ1v) is 11.9. The Bertz CT molecular complexity index is 1330. The summed E-state index contributed by atoms with van der Waals surface area (Å²) in [4.78, 5) is 13.8. The van der Waals surface area contributed by atoms with Gasteiger partial charge in [0.2, 0.25) is 0 Å². The first kappa shape index (κ1) is 19.5. The molecule has 1 aliphatic rings. The highest BCUT2D eigenvalue weighted by Crippen LogP contribution is 2.30. The third kappa shape index (κ3) is 3.72. The quantitative estimate of drug-likeness (QED) is 0.528. The van der Waals surface area contributed by atoms with E-state index in [1.54, 1.807) is 24.7 Å². The van der Waals surface area contributed by atoms with E-state index in [0.29, 0.717) is 18.0 Å². The summed E-state index contributed by atoms with van der Waals surface area (Å²) in [5.74, 6) is 0.895. The van der Waals surface area contributed by atoms with Crippen molar-refractivity contribution in [3.8, 4) is 11.1 Å². The van der Waals surface area contributed by atoms with E-state index < -0.39 is 9.84 Å². The summed E-state index contributed by atoms with van der Waals surface area (Å²) in [6.07, 6.45) is 6.51. The van der Waals surface area contributed by atoms with Crippen LogP contribution in [0.2, 0.25) is 0 Å². The minimum atomic E-state index is -3.29. The number of aromatic amines is 1. The smallest absolute Gasteiger partial charge is 0.177 e. The number of rotatable bonds is 4. The van der Waals surface area contributed by atoms with Gasteiger partial charge in [-0.25, -0.2) is 18.4 Å². The van der Waals surface area contributed by atoms with E-state index in [1.165, 1.54) is 6.26 Å². The Kier molecular flexibility index (Phi) is 4.82. The molecule has 0 atom stereocenters. The summed E-state index contributed by atoms with van der Waals surface area (Å²) in [6.45, 7) is 2.89. The summed E-state index contributed by atoms with van der Waals surface area (Å²) in [5, 5.41) is 7.88. The predicted molar refractivity (Wildman–Crippen MR) is 121 cm³/mol. The van der Waals surface area contributed by atoms with Gasteiger partial charge in [0.15, 0.2) is 9.84 Å². The average molecular weight is 435 g/mol. The van der Waals surface area contributed by atoms with Gasteiger partial charge in [-0.2, -0.15) is 5.10 Å². The van der Waals surface area contributed by atoms with E-state index in [0.717, 1.165) is 46.6 Å². The highest BCUT2D eigenvalue weighted by Gasteiger charge is 2.24. The van der Waals surface area contributed by atoms with Gasteiger partial charge in [-0.05, 0) is 29.8 Å². The van der Waals surface area contributed by atoms with Crippen LogP contribution in [0.25, 0.3) is 22.0 Å². The molecule has 158 valence electrons. The molecule has 1 N–H and O–H groups in total. The van der Waals surface area contributed by atoms with Crippen molar-refractivity contribution in [2.24, 2.45) is 0 Å². The molecule has 0 saturated carbocycles. The summed E-state index contributed by atoms with van der Waals surface area (Å²) in [5.41, 5.74) is 3.72. The van der Waals surface area contributed by atoms with Crippen molar-refractivity contribution in [3.05, 3.63) is 61.2 Å². The van der Waals surface area contributed by atoms with Gasteiger partial charge in [-0.3, -0.25) is 5.10 Å². The molecule has 0 bridgehead atoms. The molecule has 31 heavy (non-hydrogen) atoms. The molecule has 0 spiro atoms. The zero-order valence-corrected chi connectivity index (χ0v) is 17.9. The Labute approximate surface area is 180 Å². The lowest BCUT2D eigenvalue weighted by molar-refractivity contribution is 0.599. The van der Waals surface area contributed by atoms with Gasteiger partial charge < -0.3 is 9.80 Å². The fourth-order valence-corrected chi connectivity index (χ4v) is 4.98. The monoisotopic (exact) mass is 434 g/mol. The Hall–Kier alpha value is -3.46. The number of aromatic nitrogens is 4. The molecule has 1 aliphatic heterocycles. The van der Waals surface area contributed by atoms with Gasteiger partial charge in [-0.15, -0.1) is 0 Å². The molecule has 0 unspecified atom stereocenters. The molecule has 0 aliphatic carbocycles. The van der Waals surface area contributed by atoms with Crippen LogP contribution in [-0.2, 0) is 9.84 Å². The van der Waals surface area contributed by atoms with E-state index >= 15 is 0 Å². The molecular formula is C22H22N6O2S. The van der Waals surface area contributed by atoms with Gasteiger partial charge in [0.05, 0.1) is 22.3 Å². The third-order valence-electron chi connectivity index (χ3n) is 5.63. The van der Waals surface area contributed by atoms with Crippen LogP contribution in [0, 0.1) is 0 Å². The van der Waals surface area contributed by atoms with Crippen LogP contribution >= 0.6 is 0 Å². The lowest BCUT2D eigenvalue weighted by atomic mass is 10.1. The maximum absolute atomic E-state index is 12.2. The largest absolute Gasteiger partial charge is 0.367 e. The van der Waals surface area contributed by atoms with E-state index in [-0.39, 0.29) is 0 Å². The van der Waals surface area contributed by atoms with Crippen LogP contribution < -0.4 is 9.80 Å². The summed E-state index contributed by atoms with van der Waals surface area (Å²) in [7, 11) is -3.29. The maximum Gasteiger partial charge on any atom is 0.177 e. The molecule has 2 aromatic heterocycles. The molecule has 2 aromatic carbocycles. The summed E-state index contributed by atoms with van der Waals surface area (Å²) < 4.78 is 24.4. The number of fused-ring (bicyclic) bond motifs is 1. The van der Waals surface area contributed by atoms with Gasteiger partial charge in [0.1, 0.15) is 12.1 Å². The van der Waals surface area contributed by atoms with Crippen molar-refractivity contribution in [2.45, 2.75) is 4.90 Å². The van der Waals surface area contributed by atoms with Crippen molar-refractivity contribution in [1.82, 2.24) is 20.2 Å². The molecule has 3 heterocycles. The van der Waals surface area contributed by atoms with Crippen molar-refractivity contribution < 1.29 is 8.42 Å². The standard InChI is InChI=1S/C22H22N6O2S/c1-31(29,30)21-5-3-2-4-20(21)27-8-10-28(11-9-27)22-18-12-16(17-13-25-26-14-17)6-7-19(18)23-15-24-22/h2-7,12-15H,8-11H2,1H3,(H,25,26). The molecule has 1 saturated heterocycles. The second-order valence-corrected chi connectivity index (χ2v) is 9.61.